The molecule has 0 fully saturated rings. The molecule has 0 aliphatic heterocycles. The summed E-state index contributed by atoms with van der Waals surface area (Å²) in [5.74, 6) is 0.369. The van der Waals surface area contributed by atoms with Gasteiger partial charge in [0.25, 0.3) is 0 Å². The van der Waals surface area contributed by atoms with E-state index in [2.05, 4.69) is 20.4 Å². The average molecular weight is 198 g/mol. The van der Waals surface area contributed by atoms with Crippen LogP contribution in [0.1, 0.15) is 47.5 Å². The molecule has 0 aromatic rings. The van der Waals surface area contributed by atoms with Crippen molar-refractivity contribution >= 4 is 5.97 Å². The van der Waals surface area contributed by atoms with Crippen LogP contribution in [0.15, 0.2) is 12.2 Å². The highest BCUT2D eigenvalue weighted by Gasteiger charge is 2.16. The number of hydrogen-bond donors (Lipinski definition) is 0. The van der Waals surface area contributed by atoms with Crippen LogP contribution in [-0.2, 0) is 9.53 Å². The van der Waals surface area contributed by atoms with Gasteiger partial charge in [0.1, 0.15) is 5.60 Å². The molecule has 0 aliphatic carbocycles. The van der Waals surface area contributed by atoms with Gasteiger partial charge in [-0.1, -0.05) is 26.0 Å². The maximum atomic E-state index is 11.4. The molecule has 0 spiro atoms. The highest BCUT2D eigenvalue weighted by atomic mass is 16.6. The number of rotatable bonds is 4. The lowest BCUT2D eigenvalue weighted by molar-refractivity contribution is -0.153. The molecule has 0 amide bonds. The molecule has 0 rings (SSSR count). The van der Waals surface area contributed by atoms with E-state index in [-0.39, 0.29) is 5.97 Å². The predicted molar refractivity (Wildman–Crippen MR) is 59.1 cm³/mol. The highest BCUT2D eigenvalue weighted by Crippen LogP contribution is 2.15. The van der Waals surface area contributed by atoms with E-state index in [1.807, 2.05) is 20.8 Å². The first-order valence-electron chi connectivity index (χ1n) is 5.09. The zero-order chi connectivity index (χ0) is 11.4. The summed E-state index contributed by atoms with van der Waals surface area (Å²) in [4.78, 5) is 11.4. The zero-order valence-corrected chi connectivity index (χ0v) is 10.0. The Hall–Kier alpha value is -0.790. The second kappa shape index (κ2) is 5.18. The summed E-state index contributed by atoms with van der Waals surface area (Å²) in [6, 6.07) is 0. The summed E-state index contributed by atoms with van der Waals surface area (Å²) in [5, 5.41) is 0. The molecule has 0 unspecified atom stereocenters. The maximum Gasteiger partial charge on any atom is 0.310 e. The van der Waals surface area contributed by atoms with Gasteiger partial charge in [-0.2, -0.15) is 0 Å². The summed E-state index contributed by atoms with van der Waals surface area (Å²) in [5.41, 5.74) is 0.559. The molecular formula is C12H22O2. The molecule has 0 saturated heterocycles. The molecule has 0 aromatic heterocycles. The lowest BCUT2D eigenvalue weighted by Crippen LogP contribution is -2.24. The van der Waals surface area contributed by atoms with Crippen molar-refractivity contribution in [3.63, 3.8) is 0 Å². The number of esters is 1. The summed E-state index contributed by atoms with van der Waals surface area (Å²) in [6.07, 6.45) is 1.23. The van der Waals surface area contributed by atoms with E-state index in [0.717, 1.165) is 12.0 Å². The lowest BCUT2D eigenvalue weighted by Gasteiger charge is -2.20. The Morgan fingerprint density at radius 1 is 1.36 bits per heavy atom. The summed E-state index contributed by atoms with van der Waals surface area (Å²) < 4.78 is 5.19. The van der Waals surface area contributed by atoms with Crippen molar-refractivity contribution in [1.82, 2.24) is 0 Å². The van der Waals surface area contributed by atoms with Crippen LogP contribution in [0, 0.1) is 5.92 Å². The Kier molecular flexibility index (Phi) is 4.89. The SMILES string of the molecule is C=C(CC(=O)OC(C)(C)C)CC(C)C. The van der Waals surface area contributed by atoms with Crippen molar-refractivity contribution in [3.8, 4) is 0 Å². The van der Waals surface area contributed by atoms with Crippen LogP contribution in [-0.4, -0.2) is 11.6 Å². The van der Waals surface area contributed by atoms with Gasteiger partial charge in [-0.15, -0.1) is 0 Å². The number of carbonyl (C=O) groups is 1. The molecule has 0 radical (unpaired) electrons. The fourth-order valence-corrected chi connectivity index (χ4v) is 1.23. The molecule has 0 aliphatic rings. The normalized spacial score (nSPS) is 11.6. The molecule has 0 saturated carbocycles. The standard InChI is InChI=1S/C12H22O2/c1-9(2)7-10(3)8-11(13)14-12(4,5)6/h9H,3,7-8H2,1-2,4-6H3. The van der Waals surface area contributed by atoms with Gasteiger partial charge in [0.15, 0.2) is 0 Å². The Morgan fingerprint density at radius 2 is 1.86 bits per heavy atom. The average Bonchev–Trinajstić information content (AvgIpc) is 1.77. The zero-order valence-electron chi connectivity index (χ0n) is 10.0. The number of carbonyl (C=O) groups excluding carboxylic acids is 1. The highest BCUT2D eigenvalue weighted by molar-refractivity contribution is 5.72. The molecule has 0 atom stereocenters. The first-order valence-corrected chi connectivity index (χ1v) is 5.09. The van der Waals surface area contributed by atoms with Gasteiger partial charge < -0.3 is 4.74 Å². The van der Waals surface area contributed by atoms with Crippen molar-refractivity contribution in [3.05, 3.63) is 12.2 Å². The molecule has 0 heterocycles. The van der Waals surface area contributed by atoms with Crippen LogP contribution in [0.5, 0.6) is 0 Å². The molecule has 2 nitrogen and oxygen atoms in total. The van der Waals surface area contributed by atoms with E-state index < -0.39 is 5.60 Å². The molecule has 0 N–H and O–H groups in total. The largest absolute Gasteiger partial charge is 0.460 e. The van der Waals surface area contributed by atoms with E-state index in [1.165, 1.54) is 0 Å². The molecule has 2 heteroatoms. The van der Waals surface area contributed by atoms with Crippen LogP contribution in [0.3, 0.4) is 0 Å². The maximum absolute atomic E-state index is 11.4. The monoisotopic (exact) mass is 198 g/mol. The number of hydrogen-bond acceptors (Lipinski definition) is 2. The Bertz CT molecular complexity index is 209. The fourth-order valence-electron chi connectivity index (χ4n) is 1.23. The minimum atomic E-state index is -0.394. The van der Waals surface area contributed by atoms with Crippen molar-refractivity contribution in [2.45, 2.75) is 53.1 Å². The van der Waals surface area contributed by atoms with Crippen LogP contribution >= 0.6 is 0 Å². The quantitative estimate of drug-likeness (QED) is 0.511. The molecule has 0 aromatic carbocycles. The minimum Gasteiger partial charge on any atom is -0.460 e. The van der Waals surface area contributed by atoms with E-state index in [9.17, 15) is 4.79 Å². The Labute approximate surface area is 87.3 Å². The fraction of sp³-hybridized carbons (Fsp3) is 0.750. The third-order valence-electron chi connectivity index (χ3n) is 1.51. The van der Waals surface area contributed by atoms with Gasteiger partial charge in [-0.05, 0) is 33.1 Å². The smallest absolute Gasteiger partial charge is 0.310 e. The van der Waals surface area contributed by atoms with Crippen LogP contribution in [0.25, 0.3) is 0 Å². The number of ether oxygens (including phenoxy) is 1. The van der Waals surface area contributed by atoms with E-state index in [4.69, 9.17) is 4.74 Å². The van der Waals surface area contributed by atoms with Gasteiger partial charge in [-0.25, -0.2) is 0 Å². The summed E-state index contributed by atoms with van der Waals surface area (Å²) >= 11 is 0. The third-order valence-corrected chi connectivity index (χ3v) is 1.51. The van der Waals surface area contributed by atoms with Crippen molar-refractivity contribution < 1.29 is 9.53 Å². The minimum absolute atomic E-state index is 0.178. The third kappa shape index (κ3) is 7.84. The second-order valence-corrected chi connectivity index (χ2v) is 5.11. The Balaban J connectivity index is 3.90. The van der Waals surface area contributed by atoms with Gasteiger partial charge in [0, 0.05) is 0 Å². The van der Waals surface area contributed by atoms with E-state index in [0.29, 0.717) is 12.3 Å². The second-order valence-electron chi connectivity index (χ2n) is 5.11. The molecule has 0 bridgehead atoms. The molecule has 14 heavy (non-hydrogen) atoms. The van der Waals surface area contributed by atoms with Gasteiger partial charge in [0.2, 0.25) is 0 Å². The van der Waals surface area contributed by atoms with Gasteiger partial charge in [0.05, 0.1) is 6.42 Å². The van der Waals surface area contributed by atoms with E-state index >= 15 is 0 Å². The van der Waals surface area contributed by atoms with Gasteiger partial charge >= 0.3 is 5.97 Å². The lowest BCUT2D eigenvalue weighted by atomic mass is 10.0. The van der Waals surface area contributed by atoms with Crippen molar-refractivity contribution in [2.75, 3.05) is 0 Å². The van der Waals surface area contributed by atoms with Crippen LogP contribution in [0.2, 0.25) is 0 Å². The first-order chi connectivity index (χ1) is 6.20. The Morgan fingerprint density at radius 3 is 2.21 bits per heavy atom. The first kappa shape index (κ1) is 13.2. The van der Waals surface area contributed by atoms with Crippen molar-refractivity contribution in [1.29, 1.82) is 0 Å². The molecular weight excluding hydrogens is 176 g/mol. The van der Waals surface area contributed by atoms with Gasteiger partial charge in [-0.3, -0.25) is 4.79 Å². The van der Waals surface area contributed by atoms with Crippen LogP contribution < -0.4 is 0 Å². The summed E-state index contributed by atoms with van der Waals surface area (Å²) in [7, 11) is 0. The topological polar surface area (TPSA) is 26.3 Å². The van der Waals surface area contributed by atoms with E-state index in [1.54, 1.807) is 0 Å². The predicted octanol–water partition coefficient (Wildman–Crippen LogP) is 3.32. The summed E-state index contributed by atoms with van der Waals surface area (Å²) in [6.45, 7) is 13.7. The molecule has 82 valence electrons. The van der Waals surface area contributed by atoms with Crippen LogP contribution in [0.4, 0.5) is 0 Å². The van der Waals surface area contributed by atoms with Crippen molar-refractivity contribution in [2.24, 2.45) is 5.92 Å².